The number of hydrogen-bond acceptors (Lipinski definition) is 8. The minimum Gasteiger partial charge on any atom is -0.495 e. The van der Waals surface area contributed by atoms with E-state index in [9.17, 15) is 18.0 Å². The molecule has 3 aromatic rings. The number of amides is 2. The zero-order valence-corrected chi connectivity index (χ0v) is 21.0. The van der Waals surface area contributed by atoms with Crippen LogP contribution in [0.2, 0.25) is 0 Å². The molecule has 34 heavy (non-hydrogen) atoms. The summed E-state index contributed by atoms with van der Waals surface area (Å²) in [5, 5.41) is 9.60. The molecule has 0 bridgehead atoms. The average molecular weight is 555 g/mol. The van der Waals surface area contributed by atoms with Crippen molar-refractivity contribution in [3.63, 3.8) is 0 Å². The Bertz CT molecular complexity index is 1320. The molecule has 11 nitrogen and oxygen atoms in total. The van der Waals surface area contributed by atoms with Gasteiger partial charge in [-0.25, -0.2) is 8.42 Å². The number of aryl methyl sites for hydroxylation is 1. The minimum absolute atomic E-state index is 0.0678. The van der Waals surface area contributed by atoms with Gasteiger partial charge in [-0.2, -0.15) is 0 Å². The van der Waals surface area contributed by atoms with Crippen LogP contribution < -0.4 is 24.8 Å². The number of ether oxygens (including phenoxy) is 2. The van der Waals surface area contributed by atoms with Crippen molar-refractivity contribution in [2.45, 2.75) is 18.7 Å². The summed E-state index contributed by atoms with van der Waals surface area (Å²) < 4.78 is 45.5. The van der Waals surface area contributed by atoms with Crippen molar-refractivity contribution < 1.29 is 32.0 Å². The van der Waals surface area contributed by atoms with Crippen LogP contribution in [0.5, 0.6) is 11.5 Å². The second-order valence-corrected chi connectivity index (χ2v) is 9.70. The molecule has 0 saturated heterocycles. The lowest BCUT2D eigenvalue weighted by atomic mass is 10.2. The molecule has 0 aliphatic heterocycles. The molecule has 0 fully saturated rings. The topological polar surface area (TPSA) is 149 Å². The van der Waals surface area contributed by atoms with Gasteiger partial charge >= 0.3 is 0 Å². The average Bonchev–Trinajstić information content (AvgIpc) is 3.14. The molecule has 0 aliphatic rings. The van der Waals surface area contributed by atoms with Crippen molar-refractivity contribution in [1.29, 1.82) is 0 Å². The molecule has 3 rings (SSSR count). The lowest BCUT2D eigenvalue weighted by molar-refractivity contribution is -0.123. The summed E-state index contributed by atoms with van der Waals surface area (Å²) in [6, 6.07) is 7.56. The molecular formula is C21H23BrN4O7S. The van der Waals surface area contributed by atoms with Gasteiger partial charge in [-0.05, 0) is 31.2 Å². The standard InChI is InChI=1S/C21H23BrN4O7S/c1-12-15-9-16(26-34(29,30)20-8-14(22)4-5-17(20)31-3)19(10-18(15)33-25-12)32-11-21(28)24-7-6-23-13(2)27/h4-5,8-10,26H,6-7,11H2,1-3H3,(H,23,27)(H,24,28). The van der Waals surface area contributed by atoms with Crippen LogP contribution in [0.3, 0.4) is 0 Å². The number of halogens is 1. The number of carbonyl (C=O) groups is 2. The molecule has 0 unspecified atom stereocenters. The van der Waals surface area contributed by atoms with Gasteiger partial charge in [-0.15, -0.1) is 0 Å². The lowest BCUT2D eigenvalue weighted by Gasteiger charge is -2.15. The molecule has 0 spiro atoms. The Balaban J connectivity index is 1.86. The molecule has 1 aromatic heterocycles. The fourth-order valence-corrected chi connectivity index (χ4v) is 4.75. The van der Waals surface area contributed by atoms with Crippen molar-refractivity contribution in [2.75, 3.05) is 31.5 Å². The molecular weight excluding hydrogens is 532 g/mol. The lowest BCUT2D eigenvalue weighted by Crippen LogP contribution is -2.36. The fourth-order valence-electron chi connectivity index (χ4n) is 2.98. The number of methoxy groups -OCH3 is 1. The molecule has 0 aliphatic carbocycles. The van der Waals surface area contributed by atoms with Crippen LogP contribution >= 0.6 is 15.9 Å². The van der Waals surface area contributed by atoms with Crippen molar-refractivity contribution in [2.24, 2.45) is 0 Å². The van der Waals surface area contributed by atoms with E-state index in [4.69, 9.17) is 14.0 Å². The van der Waals surface area contributed by atoms with E-state index in [0.29, 0.717) is 21.1 Å². The van der Waals surface area contributed by atoms with Gasteiger partial charge in [0.15, 0.2) is 12.2 Å². The van der Waals surface area contributed by atoms with E-state index in [1.54, 1.807) is 13.0 Å². The van der Waals surface area contributed by atoms with Crippen LogP contribution in [-0.2, 0) is 19.6 Å². The number of nitrogens with one attached hydrogen (secondary N) is 3. The van der Waals surface area contributed by atoms with E-state index < -0.39 is 22.5 Å². The predicted molar refractivity (Wildman–Crippen MR) is 127 cm³/mol. The quantitative estimate of drug-likeness (QED) is 0.323. The highest BCUT2D eigenvalue weighted by molar-refractivity contribution is 9.10. The number of benzene rings is 2. The molecule has 182 valence electrons. The molecule has 2 aromatic carbocycles. The van der Waals surface area contributed by atoms with Gasteiger partial charge in [0.05, 0.1) is 18.5 Å². The van der Waals surface area contributed by atoms with Crippen LogP contribution in [0.4, 0.5) is 5.69 Å². The van der Waals surface area contributed by atoms with E-state index >= 15 is 0 Å². The first-order chi connectivity index (χ1) is 16.1. The van der Waals surface area contributed by atoms with Crippen LogP contribution in [0.25, 0.3) is 11.0 Å². The molecule has 0 radical (unpaired) electrons. The van der Waals surface area contributed by atoms with Crippen LogP contribution in [0.15, 0.2) is 44.2 Å². The second-order valence-electron chi connectivity index (χ2n) is 7.13. The zero-order valence-electron chi connectivity index (χ0n) is 18.6. The highest BCUT2D eigenvalue weighted by Crippen LogP contribution is 2.35. The summed E-state index contributed by atoms with van der Waals surface area (Å²) in [5.41, 5.74) is 1.01. The van der Waals surface area contributed by atoms with Gasteiger partial charge in [0, 0.05) is 35.9 Å². The van der Waals surface area contributed by atoms with Crippen molar-refractivity contribution in [3.8, 4) is 11.5 Å². The number of nitrogens with zero attached hydrogens (tertiary/aromatic N) is 1. The molecule has 1 heterocycles. The number of anilines is 1. The third-order valence-electron chi connectivity index (χ3n) is 4.59. The summed E-state index contributed by atoms with van der Waals surface area (Å²) in [6.07, 6.45) is 0. The first-order valence-corrected chi connectivity index (χ1v) is 12.3. The zero-order chi connectivity index (χ0) is 24.9. The second kappa shape index (κ2) is 10.7. The van der Waals surface area contributed by atoms with Gasteiger partial charge in [0.2, 0.25) is 5.91 Å². The van der Waals surface area contributed by atoms with Crippen molar-refractivity contribution in [1.82, 2.24) is 15.8 Å². The van der Waals surface area contributed by atoms with Crippen molar-refractivity contribution >= 4 is 54.4 Å². The molecule has 0 saturated carbocycles. The number of fused-ring (bicyclic) bond motifs is 1. The number of carbonyl (C=O) groups excluding carboxylic acids is 2. The Hall–Kier alpha value is -3.32. The van der Waals surface area contributed by atoms with Gasteiger partial charge in [0.25, 0.3) is 15.9 Å². The Morgan fingerprint density at radius 2 is 1.85 bits per heavy atom. The normalized spacial score (nSPS) is 11.2. The monoisotopic (exact) mass is 554 g/mol. The van der Waals surface area contributed by atoms with Gasteiger partial charge in [0.1, 0.15) is 16.4 Å². The highest BCUT2D eigenvalue weighted by Gasteiger charge is 2.23. The van der Waals surface area contributed by atoms with E-state index in [0.717, 1.165) is 0 Å². The SMILES string of the molecule is COc1ccc(Br)cc1S(=O)(=O)Nc1cc2c(C)noc2cc1OCC(=O)NCCNC(C)=O. The third-order valence-corrected chi connectivity index (χ3v) is 6.47. The fraction of sp³-hybridized carbons (Fsp3) is 0.286. The van der Waals surface area contributed by atoms with E-state index in [1.807, 2.05) is 0 Å². The van der Waals surface area contributed by atoms with E-state index in [2.05, 4.69) is 36.4 Å². The van der Waals surface area contributed by atoms with Crippen LogP contribution in [0.1, 0.15) is 12.6 Å². The Morgan fingerprint density at radius 3 is 2.56 bits per heavy atom. The summed E-state index contributed by atoms with van der Waals surface area (Å²) in [5.74, 6) is -0.445. The van der Waals surface area contributed by atoms with Crippen LogP contribution in [0, 0.1) is 6.92 Å². The number of sulfonamides is 1. The summed E-state index contributed by atoms with van der Waals surface area (Å²) >= 11 is 3.27. The Morgan fingerprint density at radius 1 is 1.12 bits per heavy atom. The summed E-state index contributed by atoms with van der Waals surface area (Å²) in [7, 11) is -2.74. The molecule has 0 atom stereocenters. The van der Waals surface area contributed by atoms with Gasteiger partial charge < -0.3 is 24.6 Å². The molecule has 3 N–H and O–H groups in total. The number of rotatable bonds is 10. The highest BCUT2D eigenvalue weighted by atomic mass is 79.9. The predicted octanol–water partition coefficient (Wildman–Crippen LogP) is 2.34. The first kappa shape index (κ1) is 25.3. The minimum atomic E-state index is -4.11. The van der Waals surface area contributed by atoms with Crippen LogP contribution in [-0.4, -0.2) is 52.2 Å². The summed E-state index contributed by atoms with van der Waals surface area (Å²) in [6.45, 7) is 3.17. The number of aromatic nitrogens is 1. The van der Waals surface area contributed by atoms with Gasteiger partial charge in [-0.1, -0.05) is 21.1 Å². The van der Waals surface area contributed by atoms with Crippen molar-refractivity contribution in [3.05, 3.63) is 40.5 Å². The smallest absolute Gasteiger partial charge is 0.265 e. The molecule has 2 amide bonds. The van der Waals surface area contributed by atoms with E-state index in [1.165, 1.54) is 38.3 Å². The third kappa shape index (κ3) is 6.17. The maximum Gasteiger partial charge on any atom is 0.265 e. The van der Waals surface area contributed by atoms with Gasteiger partial charge in [-0.3, -0.25) is 14.3 Å². The largest absolute Gasteiger partial charge is 0.495 e. The van der Waals surface area contributed by atoms with E-state index in [-0.39, 0.29) is 41.1 Å². The Labute approximate surface area is 204 Å². The maximum atomic E-state index is 13.2. The Kier molecular flexibility index (Phi) is 7.99. The maximum absolute atomic E-state index is 13.2. The molecule has 13 heteroatoms. The number of hydrogen-bond donors (Lipinski definition) is 3. The summed E-state index contributed by atoms with van der Waals surface area (Å²) in [4.78, 5) is 22.9. The first-order valence-electron chi connectivity index (χ1n) is 10.0.